The molecule has 0 amide bonds. The minimum absolute atomic E-state index is 0.0917. The van der Waals surface area contributed by atoms with Gasteiger partial charge >= 0.3 is 11.9 Å². The molecule has 0 spiro atoms. The molecule has 1 heterocycles. The first-order valence-electron chi connectivity index (χ1n) is 6.60. The Morgan fingerprint density at radius 1 is 1.04 bits per heavy atom. The molecule has 0 fully saturated rings. The van der Waals surface area contributed by atoms with E-state index < -0.39 is 23.6 Å². The summed E-state index contributed by atoms with van der Waals surface area (Å²) >= 11 is 3.12. The molecule has 126 valence electrons. The van der Waals surface area contributed by atoms with E-state index in [1.54, 1.807) is 0 Å². The molecule has 1 aliphatic heterocycles. The topological polar surface area (TPSA) is 55.8 Å². The summed E-state index contributed by atoms with van der Waals surface area (Å²) in [4.78, 5) is 25.4. The Bertz CT molecular complexity index is 787. The molecule has 24 heavy (non-hydrogen) atoms. The fourth-order valence-corrected chi connectivity index (χ4v) is 2.55. The average molecular weight is 400 g/mol. The van der Waals surface area contributed by atoms with Crippen LogP contribution in [-0.2, 0) is 19.1 Å². The van der Waals surface area contributed by atoms with Gasteiger partial charge in [0.1, 0.15) is 5.70 Å². The van der Waals surface area contributed by atoms with Gasteiger partial charge in [0, 0.05) is 16.7 Å². The molecule has 0 bridgehead atoms. The lowest BCUT2D eigenvalue weighted by molar-refractivity contribution is -0.139. The second-order valence-corrected chi connectivity index (χ2v) is 5.39. The Balaban J connectivity index is 2.72. The van der Waals surface area contributed by atoms with Crippen molar-refractivity contribution in [1.29, 1.82) is 0 Å². The molecule has 0 aromatic heterocycles. The third-order valence-corrected chi connectivity index (χ3v) is 3.77. The molecular formula is C16H12BrF2NO4. The van der Waals surface area contributed by atoms with Gasteiger partial charge in [-0.1, -0.05) is 6.08 Å². The molecule has 0 saturated heterocycles. The number of esters is 2. The lowest BCUT2D eigenvalue weighted by atomic mass is 10.1. The minimum atomic E-state index is -1.11. The van der Waals surface area contributed by atoms with E-state index in [9.17, 15) is 18.4 Å². The molecule has 0 unspecified atom stereocenters. The summed E-state index contributed by atoms with van der Waals surface area (Å²) in [6.07, 6.45) is 5.80. The summed E-state index contributed by atoms with van der Waals surface area (Å²) in [5.74, 6) is -3.79. The molecule has 1 aliphatic rings. The molecule has 5 nitrogen and oxygen atoms in total. The number of rotatable bonds is 3. The Hall–Kier alpha value is -2.48. The van der Waals surface area contributed by atoms with Crippen molar-refractivity contribution in [1.82, 2.24) is 0 Å². The Kier molecular flexibility index (Phi) is 5.50. The van der Waals surface area contributed by atoms with Crippen molar-refractivity contribution in [3.8, 4) is 0 Å². The zero-order chi connectivity index (χ0) is 17.9. The van der Waals surface area contributed by atoms with Crippen molar-refractivity contribution >= 4 is 33.6 Å². The van der Waals surface area contributed by atoms with Gasteiger partial charge in [0.05, 0.1) is 25.5 Å². The van der Waals surface area contributed by atoms with Crippen molar-refractivity contribution in [2.24, 2.45) is 0 Å². The first-order valence-corrected chi connectivity index (χ1v) is 7.39. The zero-order valence-corrected chi connectivity index (χ0v) is 14.3. The SMILES string of the molecule is COC(=O)C1=C(C(=O)OC)N(c2cc(F)c(F)cc2Br)C=CC=C1. The number of halogens is 3. The predicted octanol–water partition coefficient (Wildman–Crippen LogP) is 3.22. The van der Waals surface area contributed by atoms with Crippen LogP contribution in [0.3, 0.4) is 0 Å². The molecule has 0 radical (unpaired) electrons. The number of benzene rings is 1. The third-order valence-electron chi connectivity index (χ3n) is 3.14. The molecule has 1 aromatic carbocycles. The highest BCUT2D eigenvalue weighted by atomic mass is 79.9. The molecule has 2 rings (SSSR count). The number of carbonyl (C=O) groups excluding carboxylic acids is 2. The van der Waals surface area contributed by atoms with Crippen LogP contribution in [0, 0.1) is 11.6 Å². The smallest absolute Gasteiger partial charge is 0.355 e. The quantitative estimate of drug-likeness (QED) is 0.576. The maximum absolute atomic E-state index is 13.7. The number of ether oxygens (including phenoxy) is 2. The molecule has 8 heteroatoms. The van der Waals surface area contributed by atoms with Crippen LogP contribution in [0.4, 0.5) is 14.5 Å². The fraction of sp³-hybridized carbons (Fsp3) is 0.125. The summed E-state index contributed by atoms with van der Waals surface area (Å²) in [5.41, 5.74) is -0.178. The highest BCUT2D eigenvalue weighted by Crippen LogP contribution is 2.34. The molecule has 0 atom stereocenters. The number of nitrogens with zero attached hydrogens (tertiary/aromatic N) is 1. The van der Waals surface area contributed by atoms with Crippen LogP contribution in [-0.4, -0.2) is 26.2 Å². The highest BCUT2D eigenvalue weighted by molar-refractivity contribution is 9.10. The van der Waals surface area contributed by atoms with E-state index in [0.717, 1.165) is 26.4 Å². The second-order valence-electron chi connectivity index (χ2n) is 4.53. The van der Waals surface area contributed by atoms with Gasteiger partial charge in [-0.25, -0.2) is 18.4 Å². The standard InChI is InChI=1S/C16H12BrF2NO4/c1-23-15(21)9-5-3-4-6-20(14(9)16(22)24-2)13-8-12(19)11(18)7-10(13)17/h3-8H,1-2H3. The van der Waals surface area contributed by atoms with Crippen LogP contribution in [0.2, 0.25) is 0 Å². The lowest BCUT2D eigenvalue weighted by Crippen LogP contribution is -2.27. The van der Waals surface area contributed by atoms with Gasteiger partial charge < -0.3 is 14.4 Å². The van der Waals surface area contributed by atoms with Crippen molar-refractivity contribution in [2.45, 2.75) is 0 Å². The molecule has 0 saturated carbocycles. The molecule has 0 aliphatic carbocycles. The van der Waals surface area contributed by atoms with Gasteiger partial charge in [0.25, 0.3) is 0 Å². The maximum atomic E-state index is 13.7. The summed E-state index contributed by atoms with van der Waals surface area (Å²) < 4.78 is 36.6. The van der Waals surface area contributed by atoms with E-state index in [1.165, 1.54) is 29.3 Å². The molecular weight excluding hydrogens is 388 g/mol. The maximum Gasteiger partial charge on any atom is 0.355 e. The Labute approximate surface area is 145 Å². The van der Waals surface area contributed by atoms with Crippen LogP contribution < -0.4 is 4.90 Å². The van der Waals surface area contributed by atoms with Crippen molar-refractivity contribution < 1.29 is 27.8 Å². The van der Waals surface area contributed by atoms with Crippen LogP contribution in [0.25, 0.3) is 0 Å². The number of anilines is 1. The predicted molar refractivity (Wildman–Crippen MR) is 85.9 cm³/mol. The monoisotopic (exact) mass is 399 g/mol. The van der Waals surface area contributed by atoms with E-state index in [0.29, 0.717) is 0 Å². The van der Waals surface area contributed by atoms with Crippen LogP contribution in [0.1, 0.15) is 0 Å². The van der Waals surface area contributed by atoms with E-state index in [2.05, 4.69) is 20.7 Å². The van der Waals surface area contributed by atoms with Crippen molar-refractivity contribution in [3.63, 3.8) is 0 Å². The van der Waals surface area contributed by atoms with E-state index in [4.69, 9.17) is 4.74 Å². The van der Waals surface area contributed by atoms with Gasteiger partial charge in [-0.15, -0.1) is 0 Å². The lowest BCUT2D eigenvalue weighted by Gasteiger charge is -2.24. The number of allylic oxidation sites excluding steroid dienone is 2. The summed E-state index contributed by atoms with van der Waals surface area (Å²) in [5, 5.41) is 0. The Morgan fingerprint density at radius 3 is 2.29 bits per heavy atom. The number of methoxy groups -OCH3 is 2. The van der Waals surface area contributed by atoms with Crippen LogP contribution >= 0.6 is 15.9 Å². The molecule has 0 N–H and O–H groups in total. The Morgan fingerprint density at radius 2 is 1.67 bits per heavy atom. The normalized spacial score (nSPS) is 13.8. The largest absolute Gasteiger partial charge is 0.465 e. The van der Waals surface area contributed by atoms with E-state index in [-0.39, 0.29) is 21.4 Å². The van der Waals surface area contributed by atoms with E-state index in [1.807, 2.05) is 0 Å². The summed E-state index contributed by atoms with van der Waals surface area (Å²) in [7, 11) is 2.30. The number of hydrogen-bond donors (Lipinski definition) is 0. The average Bonchev–Trinajstić information content (AvgIpc) is 2.79. The second kappa shape index (κ2) is 7.39. The highest BCUT2D eigenvalue weighted by Gasteiger charge is 2.29. The number of hydrogen-bond acceptors (Lipinski definition) is 5. The van der Waals surface area contributed by atoms with Crippen molar-refractivity contribution in [2.75, 3.05) is 19.1 Å². The first kappa shape index (κ1) is 17.9. The van der Waals surface area contributed by atoms with Gasteiger partial charge in [-0.2, -0.15) is 0 Å². The zero-order valence-electron chi connectivity index (χ0n) is 12.7. The number of carbonyl (C=O) groups is 2. The van der Waals surface area contributed by atoms with Gasteiger partial charge in [0.2, 0.25) is 0 Å². The van der Waals surface area contributed by atoms with Gasteiger partial charge in [0.15, 0.2) is 11.6 Å². The van der Waals surface area contributed by atoms with Gasteiger partial charge in [-0.05, 0) is 34.1 Å². The van der Waals surface area contributed by atoms with Crippen LogP contribution in [0.15, 0.2) is 52.3 Å². The van der Waals surface area contributed by atoms with Crippen molar-refractivity contribution in [3.05, 3.63) is 63.9 Å². The van der Waals surface area contributed by atoms with E-state index >= 15 is 0 Å². The van der Waals surface area contributed by atoms with Crippen LogP contribution in [0.5, 0.6) is 0 Å². The first-order chi connectivity index (χ1) is 11.4. The molecule has 1 aromatic rings. The minimum Gasteiger partial charge on any atom is -0.465 e. The van der Waals surface area contributed by atoms with Gasteiger partial charge in [-0.3, -0.25) is 0 Å². The fourth-order valence-electron chi connectivity index (χ4n) is 2.05. The third kappa shape index (κ3) is 3.38. The summed E-state index contributed by atoms with van der Waals surface area (Å²) in [6, 6.07) is 1.82. The summed E-state index contributed by atoms with van der Waals surface area (Å²) in [6.45, 7) is 0.